The zero-order valence-corrected chi connectivity index (χ0v) is 20.6. The van der Waals surface area contributed by atoms with Crippen LogP contribution in [0.5, 0.6) is 5.75 Å². The lowest BCUT2D eigenvalue weighted by molar-refractivity contribution is 0.0398. The van der Waals surface area contributed by atoms with E-state index in [1.54, 1.807) is 42.5 Å². The summed E-state index contributed by atoms with van der Waals surface area (Å²) in [7, 11) is -4.23. The normalized spacial score (nSPS) is 15.8. The Balaban J connectivity index is 1.51. The fourth-order valence-corrected chi connectivity index (χ4v) is 5.40. The van der Waals surface area contributed by atoms with Gasteiger partial charge in [-0.3, -0.25) is 14.5 Å². The van der Waals surface area contributed by atoms with Crippen LogP contribution >= 0.6 is 0 Å². The maximum Gasteiger partial charge on any atom is 0.339 e. The van der Waals surface area contributed by atoms with E-state index in [9.17, 15) is 18.0 Å². The van der Waals surface area contributed by atoms with Crippen LogP contribution in [-0.4, -0.2) is 64.3 Å². The standard InChI is InChI=1S/C27H26N2O6S/c1-18-6-8-19(9-7-18)36(32,33)35-23-11-10-22(28-12-13-29-14-16-34-17-15-29)24-25(23)27(31)21-5-3-2-4-20(21)26(24)30/h2-11,28H,12-17H2,1H3. The van der Waals surface area contributed by atoms with Crippen LogP contribution < -0.4 is 9.50 Å². The molecule has 186 valence electrons. The Morgan fingerprint density at radius 1 is 0.889 bits per heavy atom. The minimum Gasteiger partial charge on any atom is -0.383 e. The molecule has 0 bridgehead atoms. The smallest absolute Gasteiger partial charge is 0.339 e. The Bertz CT molecular complexity index is 1430. The number of nitrogens with one attached hydrogen (secondary N) is 1. The van der Waals surface area contributed by atoms with Crippen LogP contribution in [-0.2, 0) is 14.9 Å². The van der Waals surface area contributed by atoms with Crippen LogP contribution in [0, 0.1) is 6.92 Å². The van der Waals surface area contributed by atoms with E-state index in [-0.39, 0.29) is 38.7 Å². The summed E-state index contributed by atoms with van der Waals surface area (Å²) in [6.45, 7) is 6.14. The molecule has 8 nitrogen and oxygen atoms in total. The molecule has 0 saturated carbocycles. The van der Waals surface area contributed by atoms with E-state index in [1.807, 2.05) is 6.92 Å². The van der Waals surface area contributed by atoms with E-state index in [4.69, 9.17) is 8.92 Å². The van der Waals surface area contributed by atoms with Crippen molar-refractivity contribution < 1.29 is 26.9 Å². The molecule has 36 heavy (non-hydrogen) atoms. The summed E-state index contributed by atoms with van der Waals surface area (Å²) < 4.78 is 36.9. The molecule has 1 aliphatic carbocycles. The van der Waals surface area contributed by atoms with Crippen LogP contribution in [0.4, 0.5) is 5.69 Å². The lowest BCUT2D eigenvalue weighted by Gasteiger charge is -2.27. The minimum atomic E-state index is -4.23. The van der Waals surface area contributed by atoms with Crippen molar-refractivity contribution in [1.82, 2.24) is 4.90 Å². The van der Waals surface area contributed by atoms with E-state index >= 15 is 0 Å². The summed E-state index contributed by atoms with van der Waals surface area (Å²) in [6.07, 6.45) is 0. The van der Waals surface area contributed by atoms with Gasteiger partial charge in [-0.1, -0.05) is 42.0 Å². The van der Waals surface area contributed by atoms with Crippen molar-refractivity contribution in [1.29, 1.82) is 0 Å². The third kappa shape index (κ3) is 4.65. The van der Waals surface area contributed by atoms with Crippen LogP contribution in [0.25, 0.3) is 0 Å². The molecule has 1 N–H and O–H groups in total. The van der Waals surface area contributed by atoms with E-state index in [0.717, 1.165) is 25.2 Å². The van der Waals surface area contributed by atoms with Crippen molar-refractivity contribution in [3.05, 3.63) is 88.5 Å². The molecule has 3 aromatic rings. The molecule has 1 saturated heterocycles. The van der Waals surface area contributed by atoms with E-state index in [2.05, 4.69) is 10.2 Å². The molecule has 0 unspecified atom stereocenters. The molecule has 1 aliphatic heterocycles. The number of fused-ring (bicyclic) bond motifs is 2. The largest absolute Gasteiger partial charge is 0.383 e. The van der Waals surface area contributed by atoms with E-state index in [1.165, 1.54) is 18.2 Å². The first-order chi connectivity index (χ1) is 17.3. The quantitative estimate of drug-likeness (QED) is 0.381. The number of ether oxygens (including phenoxy) is 1. The highest BCUT2D eigenvalue weighted by atomic mass is 32.2. The van der Waals surface area contributed by atoms with E-state index < -0.39 is 15.9 Å². The average Bonchev–Trinajstić information content (AvgIpc) is 2.88. The van der Waals surface area contributed by atoms with Crippen molar-refractivity contribution in [3.8, 4) is 5.75 Å². The second-order valence-electron chi connectivity index (χ2n) is 8.80. The SMILES string of the molecule is Cc1ccc(S(=O)(=O)Oc2ccc(NCCN3CCOCC3)c3c2C(=O)c2ccccc2C3=O)cc1. The highest BCUT2D eigenvalue weighted by Crippen LogP contribution is 2.38. The summed E-state index contributed by atoms with van der Waals surface area (Å²) in [4.78, 5) is 29.3. The lowest BCUT2D eigenvalue weighted by Crippen LogP contribution is -2.39. The Labute approximate surface area is 210 Å². The summed E-state index contributed by atoms with van der Waals surface area (Å²) in [6, 6.07) is 15.8. The molecule has 9 heteroatoms. The molecule has 1 heterocycles. The van der Waals surface area contributed by atoms with Gasteiger partial charge in [0.1, 0.15) is 4.90 Å². The average molecular weight is 507 g/mol. The number of hydrogen-bond acceptors (Lipinski definition) is 8. The Hall–Kier alpha value is -3.53. The van der Waals surface area contributed by atoms with Crippen molar-refractivity contribution in [3.63, 3.8) is 0 Å². The van der Waals surface area contributed by atoms with Gasteiger partial charge in [0.25, 0.3) is 0 Å². The highest BCUT2D eigenvalue weighted by Gasteiger charge is 2.35. The highest BCUT2D eigenvalue weighted by molar-refractivity contribution is 7.87. The van der Waals surface area contributed by atoms with Crippen LogP contribution in [0.3, 0.4) is 0 Å². The lowest BCUT2D eigenvalue weighted by atomic mass is 9.82. The number of hydrogen-bond donors (Lipinski definition) is 1. The number of nitrogens with zero attached hydrogens (tertiary/aromatic N) is 1. The zero-order chi connectivity index (χ0) is 25.3. The number of aryl methyl sites for hydroxylation is 1. The van der Waals surface area contributed by atoms with Crippen molar-refractivity contribution in [2.75, 3.05) is 44.7 Å². The molecule has 5 rings (SSSR count). The summed E-state index contributed by atoms with van der Waals surface area (Å²) in [5, 5.41) is 3.27. The fraction of sp³-hybridized carbons (Fsp3) is 0.259. The molecule has 3 aromatic carbocycles. The predicted octanol–water partition coefficient (Wildman–Crippen LogP) is 3.28. The van der Waals surface area contributed by atoms with Gasteiger partial charge in [0.2, 0.25) is 0 Å². The topological polar surface area (TPSA) is 102 Å². The monoisotopic (exact) mass is 506 g/mol. The summed E-state index contributed by atoms with van der Waals surface area (Å²) in [5.74, 6) is -0.976. The predicted molar refractivity (Wildman–Crippen MR) is 134 cm³/mol. The van der Waals surface area contributed by atoms with Gasteiger partial charge in [0, 0.05) is 43.0 Å². The van der Waals surface area contributed by atoms with E-state index in [0.29, 0.717) is 25.4 Å². The third-order valence-corrected chi connectivity index (χ3v) is 7.64. The Morgan fingerprint density at radius 3 is 2.19 bits per heavy atom. The molecule has 0 amide bonds. The maximum absolute atomic E-state index is 13.5. The number of carbonyl (C=O) groups excluding carboxylic acids is 2. The second kappa shape index (κ2) is 9.85. The first-order valence-corrected chi connectivity index (χ1v) is 13.2. The van der Waals surface area contributed by atoms with Crippen molar-refractivity contribution in [2.45, 2.75) is 11.8 Å². The Morgan fingerprint density at radius 2 is 1.53 bits per heavy atom. The molecule has 0 aromatic heterocycles. The Kier molecular flexibility index (Phi) is 6.61. The number of ketones is 2. The van der Waals surface area contributed by atoms with Crippen LogP contribution in [0.1, 0.15) is 37.4 Å². The van der Waals surface area contributed by atoms with Gasteiger partial charge in [-0.15, -0.1) is 0 Å². The van der Waals surface area contributed by atoms with Gasteiger partial charge in [-0.05, 0) is 31.2 Å². The third-order valence-electron chi connectivity index (χ3n) is 6.39. The number of benzene rings is 3. The summed E-state index contributed by atoms with van der Waals surface area (Å²) in [5.41, 5.74) is 1.94. The second-order valence-corrected chi connectivity index (χ2v) is 10.3. The number of anilines is 1. The molecule has 0 atom stereocenters. The summed E-state index contributed by atoms with van der Waals surface area (Å²) >= 11 is 0. The van der Waals surface area contributed by atoms with Gasteiger partial charge in [0.15, 0.2) is 17.3 Å². The van der Waals surface area contributed by atoms with Crippen molar-refractivity contribution >= 4 is 27.4 Å². The molecular weight excluding hydrogens is 480 g/mol. The minimum absolute atomic E-state index is 0.0375. The number of rotatable bonds is 7. The number of morpholine rings is 1. The van der Waals surface area contributed by atoms with Crippen LogP contribution in [0.2, 0.25) is 0 Å². The van der Waals surface area contributed by atoms with Gasteiger partial charge >= 0.3 is 10.1 Å². The molecule has 1 fully saturated rings. The van der Waals surface area contributed by atoms with Crippen LogP contribution in [0.15, 0.2) is 65.6 Å². The number of carbonyl (C=O) groups is 2. The van der Waals surface area contributed by atoms with Gasteiger partial charge < -0.3 is 14.2 Å². The molecule has 2 aliphatic rings. The van der Waals surface area contributed by atoms with Gasteiger partial charge in [0.05, 0.1) is 24.3 Å². The maximum atomic E-state index is 13.5. The van der Waals surface area contributed by atoms with Crippen molar-refractivity contribution in [2.24, 2.45) is 0 Å². The first-order valence-electron chi connectivity index (χ1n) is 11.8. The fourth-order valence-electron chi connectivity index (χ4n) is 4.45. The molecule has 0 radical (unpaired) electrons. The molecule has 0 spiro atoms. The zero-order valence-electron chi connectivity index (χ0n) is 19.8. The first kappa shape index (κ1) is 24.2. The van der Waals surface area contributed by atoms with Gasteiger partial charge in [-0.25, -0.2) is 0 Å². The van der Waals surface area contributed by atoms with Gasteiger partial charge in [-0.2, -0.15) is 8.42 Å². The molecular formula is C27H26N2O6S.